The molecule has 1 aliphatic rings. The van der Waals surface area contributed by atoms with Crippen molar-refractivity contribution in [1.29, 1.82) is 0 Å². The Hall–Kier alpha value is -3.16. The van der Waals surface area contributed by atoms with Crippen molar-refractivity contribution >= 4 is 28.6 Å². The van der Waals surface area contributed by atoms with Gasteiger partial charge < -0.3 is 21.4 Å². The molecule has 0 spiro atoms. The molecule has 1 atom stereocenters. The summed E-state index contributed by atoms with van der Waals surface area (Å²) in [6.45, 7) is 1.40. The number of hydrogen-bond donors (Lipinski definition) is 3. The number of carbonyl (C=O) groups is 1. The first-order chi connectivity index (χ1) is 11.6. The molecule has 5 N–H and O–H groups in total. The second-order valence-electron chi connectivity index (χ2n) is 5.89. The Kier molecular flexibility index (Phi) is 3.30. The van der Waals surface area contributed by atoms with E-state index in [0.29, 0.717) is 6.54 Å². The Morgan fingerprint density at radius 3 is 2.88 bits per heavy atom. The van der Waals surface area contributed by atoms with Crippen molar-refractivity contribution in [2.24, 2.45) is 11.7 Å². The number of hydrogen-bond acceptors (Lipinski definition) is 6. The van der Waals surface area contributed by atoms with E-state index in [1.54, 1.807) is 12.4 Å². The summed E-state index contributed by atoms with van der Waals surface area (Å²) < 4.78 is 0. The van der Waals surface area contributed by atoms with Gasteiger partial charge in [0.2, 0.25) is 11.9 Å². The Labute approximate surface area is 137 Å². The molecule has 1 amide bonds. The summed E-state index contributed by atoms with van der Waals surface area (Å²) in [4.78, 5) is 29.4. The summed E-state index contributed by atoms with van der Waals surface area (Å²) in [5, 5.41) is 0.959. The summed E-state index contributed by atoms with van der Waals surface area (Å²) in [6.07, 6.45) is 6.01. The molecule has 4 heterocycles. The van der Waals surface area contributed by atoms with E-state index < -0.39 is 0 Å². The fraction of sp³-hybridized carbons (Fsp3) is 0.250. The topological polar surface area (TPSA) is 127 Å². The zero-order valence-corrected chi connectivity index (χ0v) is 12.9. The smallest absolute Gasteiger partial charge is 0.222 e. The average Bonchev–Trinajstić information content (AvgIpc) is 3.22. The van der Waals surface area contributed by atoms with E-state index in [4.69, 9.17) is 11.5 Å². The van der Waals surface area contributed by atoms with Crippen LogP contribution in [-0.4, -0.2) is 38.9 Å². The molecular weight excluding hydrogens is 306 g/mol. The van der Waals surface area contributed by atoms with Gasteiger partial charge in [-0.15, -0.1) is 0 Å². The monoisotopic (exact) mass is 323 g/mol. The number of anilines is 2. The molecule has 0 bridgehead atoms. The zero-order chi connectivity index (χ0) is 16.7. The largest absolute Gasteiger partial charge is 0.370 e. The number of primary amides is 1. The number of nitrogens with one attached hydrogen (secondary N) is 1. The highest BCUT2D eigenvalue weighted by atomic mass is 16.1. The molecule has 1 aliphatic heterocycles. The van der Waals surface area contributed by atoms with Crippen molar-refractivity contribution in [2.45, 2.75) is 6.42 Å². The molecule has 8 nitrogen and oxygen atoms in total. The van der Waals surface area contributed by atoms with E-state index >= 15 is 0 Å². The van der Waals surface area contributed by atoms with Gasteiger partial charge >= 0.3 is 0 Å². The molecule has 0 aliphatic carbocycles. The number of H-pyrrole nitrogens is 1. The third kappa shape index (κ3) is 2.32. The van der Waals surface area contributed by atoms with Crippen molar-refractivity contribution in [1.82, 2.24) is 19.9 Å². The quantitative estimate of drug-likeness (QED) is 0.657. The maximum Gasteiger partial charge on any atom is 0.222 e. The Morgan fingerprint density at radius 1 is 1.29 bits per heavy atom. The molecule has 122 valence electrons. The van der Waals surface area contributed by atoms with Crippen LogP contribution in [-0.2, 0) is 4.79 Å². The van der Waals surface area contributed by atoms with Crippen molar-refractivity contribution < 1.29 is 4.79 Å². The average molecular weight is 323 g/mol. The van der Waals surface area contributed by atoms with E-state index in [2.05, 4.69) is 24.8 Å². The molecule has 3 aromatic heterocycles. The third-order valence-electron chi connectivity index (χ3n) is 4.43. The Morgan fingerprint density at radius 2 is 2.12 bits per heavy atom. The molecule has 1 unspecified atom stereocenters. The summed E-state index contributed by atoms with van der Waals surface area (Å²) in [6, 6.07) is 3.76. The van der Waals surface area contributed by atoms with Crippen LogP contribution in [0.5, 0.6) is 0 Å². The van der Waals surface area contributed by atoms with Crippen LogP contribution in [0.2, 0.25) is 0 Å². The molecule has 1 saturated heterocycles. The number of carbonyl (C=O) groups excluding carboxylic acids is 1. The van der Waals surface area contributed by atoms with Crippen LogP contribution in [0.25, 0.3) is 22.3 Å². The van der Waals surface area contributed by atoms with Crippen molar-refractivity contribution in [3.8, 4) is 11.3 Å². The molecule has 0 aromatic carbocycles. The van der Waals surface area contributed by atoms with Crippen molar-refractivity contribution in [3.05, 3.63) is 30.7 Å². The molecule has 0 radical (unpaired) electrons. The van der Waals surface area contributed by atoms with Gasteiger partial charge in [-0.2, -0.15) is 0 Å². The lowest BCUT2D eigenvalue weighted by atomic mass is 10.1. The van der Waals surface area contributed by atoms with Crippen LogP contribution < -0.4 is 16.4 Å². The van der Waals surface area contributed by atoms with Gasteiger partial charge in [-0.05, 0) is 18.6 Å². The van der Waals surface area contributed by atoms with Gasteiger partial charge in [0.1, 0.15) is 5.65 Å². The van der Waals surface area contributed by atoms with Crippen LogP contribution in [0.1, 0.15) is 6.42 Å². The fourth-order valence-electron chi connectivity index (χ4n) is 3.24. The number of nitrogens with two attached hydrogens (primary N) is 2. The summed E-state index contributed by atoms with van der Waals surface area (Å²) in [7, 11) is 0. The number of fused-ring (bicyclic) bond motifs is 1. The van der Waals surface area contributed by atoms with E-state index in [1.807, 2.05) is 18.3 Å². The first kappa shape index (κ1) is 14.4. The highest BCUT2D eigenvalue weighted by Crippen LogP contribution is 2.36. The highest BCUT2D eigenvalue weighted by molar-refractivity contribution is 6.02. The maximum absolute atomic E-state index is 11.5. The number of pyridine rings is 1. The standard InChI is InChI=1S/C16H17N7O/c17-14(24)9-3-6-23(8-9)12-2-5-19-15-13(12)10(7-21-15)11-1-4-20-16(18)22-11/h1-2,4-5,7,9H,3,6,8H2,(H2,17,24)(H,19,21)(H2,18,20,22). The second-order valence-corrected chi connectivity index (χ2v) is 5.89. The van der Waals surface area contributed by atoms with Gasteiger partial charge in [0.05, 0.1) is 22.7 Å². The zero-order valence-electron chi connectivity index (χ0n) is 12.9. The number of nitrogen functional groups attached to an aromatic ring is 1. The maximum atomic E-state index is 11.5. The predicted octanol–water partition coefficient (Wildman–Crippen LogP) is 0.914. The Bertz CT molecular complexity index is 920. The lowest BCUT2D eigenvalue weighted by Crippen LogP contribution is -2.27. The molecule has 24 heavy (non-hydrogen) atoms. The van der Waals surface area contributed by atoms with Crippen LogP contribution in [0.4, 0.5) is 11.6 Å². The van der Waals surface area contributed by atoms with Crippen molar-refractivity contribution in [3.63, 3.8) is 0 Å². The lowest BCUT2D eigenvalue weighted by Gasteiger charge is -2.19. The minimum absolute atomic E-state index is 0.120. The van der Waals surface area contributed by atoms with Gasteiger partial charge in [0.25, 0.3) is 0 Å². The van der Waals surface area contributed by atoms with Gasteiger partial charge in [0.15, 0.2) is 0 Å². The summed E-state index contributed by atoms with van der Waals surface area (Å²) >= 11 is 0. The van der Waals surface area contributed by atoms with Crippen LogP contribution >= 0.6 is 0 Å². The molecule has 3 aromatic rings. The van der Waals surface area contributed by atoms with Crippen molar-refractivity contribution in [2.75, 3.05) is 23.7 Å². The van der Waals surface area contributed by atoms with E-state index in [-0.39, 0.29) is 17.8 Å². The lowest BCUT2D eigenvalue weighted by molar-refractivity contribution is -0.121. The molecular formula is C16H17N7O. The first-order valence-electron chi connectivity index (χ1n) is 7.72. The fourth-order valence-corrected chi connectivity index (χ4v) is 3.24. The van der Waals surface area contributed by atoms with Gasteiger partial charge in [-0.1, -0.05) is 0 Å². The third-order valence-corrected chi connectivity index (χ3v) is 4.43. The van der Waals surface area contributed by atoms with Crippen LogP contribution in [0.3, 0.4) is 0 Å². The number of amides is 1. The second kappa shape index (κ2) is 5.48. The minimum Gasteiger partial charge on any atom is -0.370 e. The predicted molar refractivity (Wildman–Crippen MR) is 91.0 cm³/mol. The molecule has 0 saturated carbocycles. The number of aromatic nitrogens is 4. The van der Waals surface area contributed by atoms with Crippen LogP contribution in [0, 0.1) is 5.92 Å². The number of nitrogens with zero attached hydrogens (tertiary/aromatic N) is 4. The minimum atomic E-state index is -0.249. The SMILES string of the molecule is NC(=O)C1CCN(c2ccnc3[nH]cc(-c4ccnc(N)n4)c23)C1. The molecule has 8 heteroatoms. The highest BCUT2D eigenvalue weighted by Gasteiger charge is 2.28. The van der Waals surface area contributed by atoms with Gasteiger partial charge in [-0.3, -0.25) is 4.79 Å². The van der Waals surface area contributed by atoms with Crippen LogP contribution in [0.15, 0.2) is 30.7 Å². The normalized spacial score (nSPS) is 17.5. The van der Waals surface area contributed by atoms with E-state index in [1.165, 1.54) is 0 Å². The van der Waals surface area contributed by atoms with E-state index in [0.717, 1.165) is 40.9 Å². The van der Waals surface area contributed by atoms with Gasteiger partial charge in [-0.25, -0.2) is 15.0 Å². The van der Waals surface area contributed by atoms with Gasteiger partial charge in [0, 0.05) is 37.2 Å². The number of aromatic amines is 1. The first-order valence-corrected chi connectivity index (χ1v) is 7.72. The Balaban J connectivity index is 1.82. The summed E-state index contributed by atoms with van der Waals surface area (Å²) in [5.74, 6) is -0.145. The summed E-state index contributed by atoms with van der Waals surface area (Å²) in [5.41, 5.74) is 14.6. The molecule has 1 fully saturated rings. The molecule has 4 rings (SSSR count). The van der Waals surface area contributed by atoms with E-state index in [9.17, 15) is 4.79 Å². The number of rotatable bonds is 3.